The van der Waals surface area contributed by atoms with Crippen molar-refractivity contribution in [2.24, 2.45) is 0 Å². The van der Waals surface area contributed by atoms with E-state index in [1.807, 2.05) is 0 Å². The molecular formula is C16H15Cl3FN. The highest BCUT2D eigenvalue weighted by molar-refractivity contribution is 6.44. The van der Waals surface area contributed by atoms with Gasteiger partial charge < -0.3 is 5.32 Å². The first kappa shape index (κ1) is 16.6. The average molecular weight is 347 g/mol. The first-order chi connectivity index (χ1) is 9.97. The van der Waals surface area contributed by atoms with E-state index in [-0.39, 0.29) is 11.9 Å². The van der Waals surface area contributed by atoms with Gasteiger partial charge in [-0.1, -0.05) is 46.9 Å². The second-order valence-electron chi connectivity index (χ2n) is 4.93. The third-order valence-corrected chi connectivity index (χ3v) is 4.42. The monoisotopic (exact) mass is 345 g/mol. The van der Waals surface area contributed by atoms with E-state index < -0.39 is 0 Å². The summed E-state index contributed by atoms with van der Waals surface area (Å²) in [6, 6.07) is 10.1. The number of hydrogen-bond acceptors (Lipinski definition) is 1. The van der Waals surface area contributed by atoms with E-state index in [0.717, 1.165) is 17.5 Å². The molecule has 2 rings (SSSR count). The average Bonchev–Trinajstić information content (AvgIpc) is 2.45. The lowest BCUT2D eigenvalue weighted by Crippen LogP contribution is -2.27. The Kier molecular flexibility index (Phi) is 5.88. The molecule has 1 unspecified atom stereocenters. The van der Waals surface area contributed by atoms with Crippen molar-refractivity contribution < 1.29 is 4.39 Å². The van der Waals surface area contributed by atoms with Gasteiger partial charge in [-0.3, -0.25) is 0 Å². The van der Waals surface area contributed by atoms with Crippen LogP contribution in [0.2, 0.25) is 15.1 Å². The van der Waals surface area contributed by atoms with Crippen LogP contribution in [0.3, 0.4) is 0 Å². The van der Waals surface area contributed by atoms with Crippen LogP contribution in [0.15, 0.2) is 36.4 Å². The molecule has 0 radical (unpaired) electrons. The Morgan fingerprint density at radius 2 is 1.62 bits per heavy atom. The summed E-state index contributed by atoms with van der Waals surface area (Å²) >= 11 is 18.3. The van der Waals surface area contributed by atoms with Crippen molar-refractivity contribution in [1.29, 1.82) is 0 Å². The summed E-state index contributed by atoms with van der Waals surface area (Å²) in [6.45, 7) is 2.58. The highest BCUT2D eigenvalue weighted by atomic mass is 35.5. The molecule has 0 bridgehead atoms. The third kappa shape index (κ3) is 4.58. The zero-order chi connectivity index (χ0) is 15.4. The smallest absolute Gasteiger partial charge is 0.123 e. The Hall–Kier alpha value is -0.800. The quantitative estimate of drug-likeness (QED) is 0.704. The first-order valence-corrected chi connectivity index (χ1v) is 7.71. The number of benzene rings is 2. The summed E-state index contributed by atoms with van der Waals surface area (Å²) in [7, 11) is 0. The molecule has 2 aromatic carbocycles. The van der Waals surface area contributed by atoms with E-state index in [0.29, 0.717) is 21.6 Å². The van der Waals surface area contributed by atoms with Crippen LogP contribution in [-0.4, -0.2) is 6.04 Å². The van der Waals surface area contributed by atoms with Gasteiger partial charge in [-0.25, -0.2) is 4.39 Å². The maximum absolute atomic E-state index is 12.9. The minimum atomic E-state index is -0.225. The number of halogens is 4. The van der Waals surface area contributed by atoms with Crippen molar-refractivity contribution in [3.05, 3.63) is 68.4 Å². The molecule has 0 saturated carbocycles. The molecule has 0 spiro atoms. The van der Waals surface area contributed by atoms with Crippen LogP contribution in [0.25, 0.3) is 0 Å². The van der Waals surface area contributed by atoms with E-state index >= 15 is 0 Å². The topological polar surface area (TPSA) is 12.0 Å². The Morgan fingerprint density at radius 3 is 2.29 bits per heavy atom. The highest BCUT2D eigenvalue weighted by Crippen LogP contribution is 2.31. The molecule has 1 atom stereocenters. The van der Waals surface area contributed by atoms with Gasteiger partial charge in [0.2, 0.25) is 0 Å². The van der Waals surface area contributed by atoms with Crippen molar-refractivity contribution in [1.82, 2.24) is 5.32 Å². The standard InChI is InChI=1S/C16H15Cl3FN/c1-10(8-11-2-4-12(20)5-3-11)21-9-13-14(17)6-7-15(18)16(13)19/h2-7,10,21H,8-9H2,1H3. The first-order valence-electron chi connectivity index (χ1n) is 6.57. The Balaban J connectivity index is 1.97. The number of nitrogens with one attached hydrogen (secondary N) is 1. The predicted molar refractivity (Wildman–Crippen MR) is 87.9 cm³/mol. The van der Waals surface area contributed by atoms with Gasteiger partial charge in [-0.05, 0) is 43.2 Å². The zero-order valence-corrected chi connectivity index (χ0v) is 13.7. The Morgan fingerprint density at radius 1 is 1.00 bits per heavy atom. The maximum atomic E-state index is 12.9. The lowest BCUT2D eigenvalue weighted by molar-refractivity contribution is 0.544. The van der Waals surface area contributed by atoms with E-state index in [9.17, 15) is 4.39 Å². The molecule has 0 saturated heterocycles. The highest BCUT2D eigenvalue weighted by Gasteiger charge is 2.11. The van der Waals surface area contributed by atoms with Crippen LogP contribution in [0.1, 0.15) is 18.1 Å². The molecule has 2 aromatic rings. The fourth-order valence-corrected chi connectivity index (χ4v) is 2.73. The van der Waals surface area contributed by atoms with Crippen LogP contribution in [-0.2, 0) is 13.0 Å². The Bertz CT molecular complexity index is 614. The second-order valence-corrected chi connectivity index (χ2v) is 6.13. The molecule has 112 valence electrons. The van der Waals surface area contributed by atoms with Gasteiger partial charge in [0.05, 0.1) is 10.0 Å². The van der Waals surface area contributed by atoms with E-state index in [1.165, 1.54) is 12.1 Å². The number of hydrogen-bond donors (Lipinski definition) is 1. The molecule has 0 fully saturated rings. The number of rotatable bonds is 5. The van der Waals surface area contributed by atoms with Crippen molar-refractivity contribution in [2.45, 2.75) is 25.9 Å². The van der Waals surface area contributed by atoms with E-state index in [4.69, 9.17) is 34.8 Å². The Labute approximate surface area is 139 Å². The maximum Gasteiger partial charge on any atom is 0.123 e. The van der Waals surface area contributed by atoms with Gasteiger partial charge in [-0.15, -0.1) is 0 Å². The third-order valence-electron chi connectivity index (χ3n) is 3.22. The molecule has 0 aliphatic rings. The molecule has 0 heterocycles. The van der Waals surface area contributed by atoms with E-state index in [1.54, 1.807) is 24.3 Å². The fourth-order valence-electron chi connectivity index (χ4n) is 2.05. The zero-order valence-electron chi connectivity index (χ0n) is 11.5. The molecule has 1 nitrogen and oxygen atoms in total. The van der Waals surface area contributed by atoms with Gasteiger partial charge in [0.25, 0.3) is 0 Å². The summed E-state index contributed by atoms with van der Waals surface area (Å²) in [6.07, 6.45) is 0.788. The molecule has 1 N–H and O–H groups in total. The van der Waals surface area contributed by atoms with Gasteiger partial charge >= 0.3 is 0 Å². The van der Waals surface area contributed by atoms with Crippen LogP contribution in [0, 0.1) is 5.82 Å². The lowest BCUT2D eigenvalue weighted by Gasteiger charge is -2.16. The fraction of sp³-hybridized carbons (Fsp3) is 0.250. The molecule has 0 aromatic heterocycles. The lowest BCUT2D eigenvalue weighted by atomic mass is 10.1. The summed E-state index contributed by atoms with van der Waals surface area (Å²) in [5.74, 6) is -0.225. The molecule has 0 aliphatic carbocycles. The summed E-state index contributed by atoms with van der Waals surface area (Å²) in [4.78, 5) is 0. The second kappa shape index (κ2) is 7.46. The largest absolute Gasteiger partial charge is 0.310 e. The molecular weight excluding hydrogens is 332 g/mol. The van der Waals surface area contributed by atoms with Crippen molar-refractivity contribution >= 4 is 34.8 Å². The minimum Gasteiger partial charge on any atom is -0.310 e. The van der Waals surface area contributed by atoms with Crippen molar-refractivity contribution in [3.8, 4) is 0 Å². The van der Waals surface area contributed by atoms with Crippen LogP contribution in [0.5, 0.6) is 0 Å². The molecule has 0 aliphatic heterocycles. The van der Waals surface area contributed by atoms with Crippen molar-refractivity contribution in [3.63, 3.8) is 0 Å². The molecule has 21 heavy (non-hydrogen) atoms. The normalized spacial score (nSPS) is 12.4. The van der Waals surface area contributed by atoms with E-state index in [2.05, 4.69) is 12.2 Å². The summed E-state index contributed by atoms with van der Waals surface area (Å²) < 4.78 is 12.9. The van der Waals surface area contributed by atoms with Crippen LogP contribution in [0.4, 0.5) is 4.39 Å². The van der Waals surface area contributed by atoms with Gasteiger partial charge in [0.15, 0.2) is 0 Å². The SMILES string of the molecule is CC(Cc1ccc(F)cc1)NCc1c(Cl)ccc(Cl)c1Cl. The minimum absolute atomic E-state index is 0.196. The van der Waals surface area contributed by atoms with Crippen LogP contribution < -0.4 is 5.32 Å². The predicted octanol–water partition coefficient (Wildman–Crippen LogP) is 5.51. The molecule has 5 heteroatoms. The van der Waals surface area contributed by atoms with Crippen molar-refractivity contribution in [2.75, 3.05) is 0 Å². The van der Waals surface area contributed by atoms with Gasteiger partial charge in [0, 0.05) is 23.2 Å². The summed E-state index contributed by atoms with van der Waals surface area (Å²) in [5, 5.41) is 4.91. The summed E-state index contributed by atoms with van der Waals surface area (Å²) in [5.41, 5.74) is 1.86. The van der Waals surface area contributed by atoms with Crippen LogP contribution >= 0.6 is 34.8 Å². The van der Waals surface area contributed by atoms with Gasteiger partial charge in [0.1, 0.15) is 5.82 Å². The van der Waals surface area contributed by atoms with Gasteiger partial charge in [-0.2, -0.15) is 0 Å². The molecule has 0 amide bonds.